The summed E-state index contributed by atoms with van der Waals surface area (Å²) in [5.74, 6) is 0.512. The van der Waals surface area contributed by atoms with Gasteiger partial charge >= 0.3 is 6.03 Å². The Morgan fingerprint density at radius 2 is 1.55 bits per heavy atom. The first-order valence-electron chi connectivity index (χ1n) is 11.1. The molecule has 3 aliphatic rings. The van der Waals surface area contributed by atoms with E-state index in [0.29, 0.717) is 11.6 Å². The monoisotopic (exact) mass is 466 g/mol. The molecule has 2 saturated heterocycles. The van der Waals surface area contributed by atoms with Crippen LogP contribution in [0.1, 0.15) is 5.56 Å². The Morgan fingerprint density at radius 1 is 0.909 bits per heavy atom. The summed E-state index contributed by atoms with van der Waals surface area (Å²) in [6.45, 7) is 3.68. The van der Waals surface area contributed by atoms with Gasteiger partial charge in [0.25, 0.3) is 5.91 Å². The third-order valence-corrected chi connectivity index (χ3v) is 7.04. The highest BCUT2D eigenvalue weighted by Gasteiger charge is 2.52. The number of hydrogen-bond donors (Lipinski definition) is 0. The number of nitrogens with zero attached hydrogens (tertiary/aromatic N) is 6. The minimum absolute atomic E-state index is 0.239. The molecule has 33 heavy (non-hydrogen) atoms. The van der Waals surface area contributed by atoms with Gasteiger partial charge in [0.2, 0.25) is 0 Å². The summed E-state index contributed by atoms with van der Waals surface area (Å²) in [4.78, 5) is 40.1. The zero-order valence-electron chi connectivity index (χ0n) is 18.8. The first-order valence-corrected chi connectivity index (χ1v) is 11.5. The number of aliphatic imine (C=N–C) groups is 1. The third kappa shape index (κ3) is 3.78. The number of fused-ring (bicyclic) bond motifs is 1. The van der Waals surface area contributed by atoms with E-state index in [1.165, 1.54) is 17.6 Å². The number of para-hydroxylation sites is 1. The maximum absolute atomic E-state index is 13.2. The van der Waals surface area contributed by atoms with E-state index in [0.717, 1.165) is 37.7 Å². The lowest BCUT2D eigenvalue weighted by Crippen LogP contribution is -2.64. The number of benzene rings is 2. The molecule has 0 aliphatic carbocycles. The van der Waals surface area contributed by atoms with E-state index in [2.05, 4.69) is 21.9 Å². The zero-order chi connectivity index (χ0) is 23.1. The van der Waals surface area contributed by atoms with E-state index in [1.54, 1.807) is 11.9 Å². The Kier molecular flexibility index (Phi) is 5.62. The largest absolute Gasteiger partial charge is 0.368 e. The van der Waals surface area contributed by atoms with Gasteiger partial charge < -0.3 is 19.6 Å². The van der Waals surface area contributed by atoms with Crippen molar-refractivity contribution < 1.29 is 9.59 Å². The lowest BCUT2D eigenvalue weighted by Gasteiger charge is -2.42. The van der Waals surface area contributed by atoms with Gasteiger partial charge in [-0.15, -0.1) is 0 Å². The molecule has 3 heterocycles. The van der Waals surface area contributed by atoms with Gasteiger partial charge in [-0.3, -0.25) is 9.69 Å². The number of piperazine rings is 1. The van der Waals surface area contributed by atoms with Gasteiger partial charge in [0.05, 0.1) is 0 Å². The quantitative estimate of drug-likeness (QED) is 0.695. The fourth-order valence-electron chi connectivity index (χ4n) is 4.80. The summed E-state index contributed by atoms with van der Waals surface area (Å²) in [7, 11) is 3.23. The summed E-state index contributed by atoms with van der Waals surface area (Å²) in [5, 5.41) is 0.648. The van der Waals surface area contributed by atoms with Crippen molar-refractivity contribution in [1.82, 2.24) is 19.6 Å². The van der Waals surface area contributed by atoms with E-state index >= 15 is 0 Å². The maximum Gasteiger partial charge on any atom is 0.328 e. The summed E-state index contributed by atoms with van der Waals surface area (Å²) in [6.07, 6.45) is -0.550. The average Bonchev–Trinajstić information content (AvgIpc) is 3.23. The minimum atomic E-state index is -0.573. The Labute approximate surface area is 198 Å². The number of amides is 3. The van der Waals surface area contributed by atoms with Crippen molar-refractivity contribution in [2.75, 3.05) is 45.2 Å². The fourth-order valence-corrected chi connectivity index (χ4v) is 4.99. The highest BCUT2D eigenvalue weighted by Crippen LogP contribution is 2.31. The van der Waals surface area contributed by atoms with E-state index in [4.69, 9.17) is 16.6 Å². The Balaban J connectivity index is 1.43. The van der Waals surface area contributed by atoms with Gasteiger partial charge in [-0.2, -0.15) is 0 Å². The standard InChI is InChI=1S/C24H27ClN6O2/c1-27-21-20(22(32)28(2)24(27)33)31(16-17-8-6-7-11-19(17)25)23(26-21)30-14-12-29(13-15-30)18-9-4-3-5-10-18/h3-11,20-21H,12-16H2,1-2H3. The first-order chi connectivity index (χ1) is 16.0. The summed E-state index contributed by atoms with van der Waals surface area (Å²) < 4.78 is 0. The van der Waals surface area contributed by atoms with Crippen molar-refractivity contribution in [1.29, 1.82) is 0 Å². The Morgan fingerprint density at radius 3 is 2.24 bits per heavy atom. The Bertz CT molecular complexity index is 1090. The highest BCUT2D eigenvalue weighted by atomic mass is 35.5. The van der Waals surface area contributed by atoms with E-state index in [-0.39, 0.29) is 11.9 Å². The molecule has 2 unspecified atom stereocenters. The van der Waals surface area contributed by atoms with Crippen LogP contribution in [0.15, 0.2) is 59.6 Å². The molecule has 2 aromatic rings. The molecule has 2 aromatic carbocycles. The molecule has 2 fully saturated rings. The molecule has 0 saturated carbocycles. The molecule has 0 aromatic heterocycles. The average molecular weight is 467 g/mol. The van der Waals surface area contributed by atoms with Crippen LogP contribution in [0.3, 0.4) is 0 Å². The van der Waals surface area contributed by atoms with Crippen LogP contribution < -0.4 is 4.90 Å². The molecular formula is C24H27ClN6O2. The molecule has 3 amide bonds. The second-order valence-electron chi connectivity index (χ2n) is 8.61. The van der Waals surface area contributed by atoms with Crippen LogP contribution in [0.2, 0.25) is 5.02 Å². The van der Waals surface area contributed by atoms with Crippen LogP contribution in [0.4, 0.5) is 10.5 Å². The molecule has 2 atom stereocenters. The maximum atomic E-state index is 13.2. The number of urea groups is 1. The number of anilines is 1. The zero-order valence-corrected chi connectivity index (χ0v) is 19.5. The van der Waals surface area contributed by atoms with Gasteiger partial charge in [0.1, 0.15) is 0 Å². The van der Waals surface area contributed by atoms with Crippen LogP contribution in [0.25, 0.3) is 0 Å². The number of guanidine groups is 1. The SMILES string of the molecule is CN1C(=O)C2C(N=C(N3CCN(c4ccccc4)CC3)N2Cc2ccccc2Cl)N(C)C1=O. The molecule has 3 aliphatic heterocycles. The third-order valence-electron chi connectivity index (χ3n) is 6.67. The van der Waals surface area contributed by atoms with E-state index in [1.807, 2.05) is 47.4 Å². The molecule has 5 rings (SSSR count). The number of carbonyl (C=O) groups excluding carboxylic acids is 2. The van der Waals surface area contributed by atoms with Crippen molar-refractivity contribution in [2.24, 2.45) is 4.99 Å². The van der Waals surface area contributed by atoms with Gasteiger partial charge in [-0.1, -0.05) is 48.0 Å². The van der Waals surface area contributed by atoms with Gasteiger partial charge in [0.15, 0.2) is 18.2 Å². The predicted octanol–water partition coefficient (Wildman–Crippen LogP) is 2.55. The first kappa shape index (κ1) is 21.6. The smallest absolute Gasteiger partial charge is 0.328 e. The molecule has 0 N–H and O–H groups in total. The lowest BCUT2D eigenvalue weighted by molar-refractivity contribution is -0.136. The number of halogens is 1. The molecule has 9 heteroatoms. The minimum Gasteiger partial charge on any atom is -0.368 e. The number of hydrogen-bond acceptors (Lipinski definition) is 6. The van der Waals surface area contributed by atoms with Crippen LogP contribution in [-0.4, -0.2) is 90.0 Å². The number of likely N-dealkylation sites (N-methyl/N-ethyl adjacent to an activating group) is 2. The molecule has 172 valence electrons. The normalized spacial score (nSPS) is 23.2. The van der Waals surface area contributed by atoms with Crippen LogP contribution in [0, 0.1) is 0 Å². The van der Waals surface area contributed by atoms with Crippen molar-refractivity contribution in [3.63, 3.8) is 0 Å². The topological polar surface area (TPSA) is 62.7 Å². The van der Waals surface area contributed by atoms with Gasteiger partial charge in [-0.05, 0) is 23.8 Å². The fraction of sp³-hybridized carbons (Fsp3) is 0.375. The summed E-state index contributed by atoms with van der Waals surface area (Å²) in [5.41, 5.74) is 2.12. The number of carbonyl (C=O) groups is 2. The van der Waals surface area contributed by atoms with Crippen molar-refractivity contribution in [3.05, 3.63) is 65.2 Å². The number of imide groups is 1. The molecule has 0 spiro atoms. The van der Waals surface area contributed by atoms with Crippen molar-refractivity contribution >= 4 is 35.2 Å². The molecular weight excluding hydrogens is 440 g/mol. The second kappa shape index (κ2) is 8.59. The van der Waals surface area contributed by atoms with Crippen LogP contribution in [0.5, 0.6) is 0 Å². The summed E-state index contributed by atoms with van der Waals surface area (Å²) >= 11 is 6.47. The number of rotatable bonds is 3. The van der Waals surface area contributed by atoms with Crippen molar-refractivity contribution in [3.8, 4) is 0 Å². The van der Waals surface area contributed by atoms with Crippen LogP contribution in [-0.2, 0) is 11.3 Å². The molecule has 8 nitrogen and oxygen atoms in total. The highest BCUT2D eigenvalue weighted by molar-refractivity contribution is 6.31. The van der Waals surface area contributed by atoms with E-state index < -0.39 is 12.2 Å². The van der Waals surface area contributed by atoms with E-state index in [9.17, 15) is 9.59 Å². The predicted molar refractivity (Wildman–Crippen MR) is 128 cm³/mol. The lowest BCUT2D eigenvalue weighted by atomic mass is 10.1. The van der Waals surface area contributed by atoms with Gasteiger partial charge in [-0.25, -0.2) is 9.79 Å². The van der Waals surface area contributed by atoms with Gasteiger partial charge in [0, 0.05) is 57.5 Å². The molecule has 0 bridgehead atoms. The van der Waals surface area contributed by atoms with Crippen molar-refractivity contribution in [2.45, 2.75) is 18.8 Å². The van der Waals surface area contributed by atoms with Crippen LogP contribution >= 0.6 is 11.6 Å². The Hall–Kier alpha value is -3.26. The molecule has 0 radical (unpaired) electrons. The summed E-state index contributed by atoms with van der Waals surface area (Å²) in [6, 6.07) is 17.1. The second-order valence-corrected chi connectivity index (χ2v) is 9.01.